The van der Waals surface area contributed by atoms with Gasteiger partial charge in [-0.05, 0) is 53.6 Å². The maximum atomic E-state index is 12.6. The SMILES string of the molecule is Cc1ccccc1C(=O)Nc1ccc2oc(-c3cccc4ccccc34)nc2c1. The summed E-state index contributed by atoms with van der Waals surface area (Å²) in [5.74, 6) is 0.430. The van der Waals surface area contributed by atoms with Gasteiger partial charge in [0.05, 0.1) is 0 Å². The van der Waals surface area contributed by atoms with Gasteiger partial charge in [0.2, 0.25) is 5.89 Å². The summed E-state index contributed by atoms with van der Waals surface area (Å²) in [4.78, 5) is 17.3. The minimum atomic E-state index is -0.139. The molecular weight excluding hydrogens is 360 g/mol. The number of hydrogen-bond donors (Lipinski definition) is 1. The van der Waals surface area contributed by atoms with E-state index in [-0.39, 0.29) is 5.91 Å². The second-order valence-corrected chi connectivity index (χ2v) is 7.00. The number of hydrogen-bond acceptors (Lipinski definition) is 3. The Morgan fingerprint density at radius 1 is 0.897 bits per heavy atom. The molecule has 0 saturated carbocycles. The molecule has 4 heteroatoms. The number of nitrogens with zero attached hydrogens (tertiary/aromatic N) is 1. The van der Waals surface area contributed by atoms with Gasteiger partial charge in [-0.15, -0.1) is 0 Å². The first-order chi connectivity index (χ1) is 14.2. The number of rotatable bonds is 3. The lowest BCUT2D eigenvalue weighted by molar-refractivity contribution is 0.102. The van der Waals surface area contributed by atoms with Crippen LogP contribution in [0.25, 0.3) is 33.3 Å². The monoisotopic (exact) mass is 378 g/mol. The van der Waals surface area contributed by atoms with E-state index in [1.807, 2.05) is 73.7 Å². The molecule has 0 atom stereocenters. The Labute approximate surface area is 167 Å². The highest BCUT2D eigenvalue weighted by atomic mass is 16.3. The van der Waals surface area contributed by atoms with Gasteiger partial charge in [-0.25, -0.2) is 4.98 Å². The van der Waals surface area contributed by atoms with Crippen LogP contribution in [0.1, 0.15) is 15.9 Å². The van der Waals surface area contributed by atoms with E-state index in [0.717, 1.165) is 21.9 Å². The summed E-state index contributed by atoms with van der Waals surface area (Å²) in [6, 6.07) is 27.3. The third-order valence-electron chi connectivity index (χ3n) is 5.06. The van der Waals surface area contributed by atoms with Crippen molar-refractivity contribution in [3.05, 3.63) is 96.1 Å². The van der Waals surface area contributed by atoms with E-state index in [2.05, 4.69) is 28.5 Å². The molecule has 0 bridgehead atoms. The first kappa shape index (κ1) is 17.2. The van der Waals surface area contributed by atoms with Gasteiger partial charge in [-0.2, -0.15) is 0 Å². The van der Waals surface area contributed by atoms with E-state index in [9.17, 15) is 4.79 Å². The minimum absolute atomic E-state index is 0.139. The molecular formula is C25H18N2O2. The lowest BCUT2D eigenvalue weighted by atomic mass is 10.0. The van der Waals surface area contributed by atoms with Crippen LogP contribution in [-0.4, -0.2) is 10.9 Å². The molecule has 0 saturated heterocycles. The lowest BCUT2D eigenvalue weighted by Crippen LogP contribution is -2.13. The number of benzene rings is 4. The topological polar surface area (TPSA) is 55.1 Å². The van der Waals surface area contributed by atoms with Crippen LogP contribution in [0.15, 0.2) is 89.3 Å². The number of nitrogens with one attached hydrogen (secondary N) is 1. The molecule has 1 N–H and O–H groups in total. The Kier molecular flexibility index (Phi) is 4.10. The Morgan fingerprint density at radius 3 is 2.59 bits per heavy atom. The van der Waals surface area contributed by atoms with Crippen LogP contribution in [0.4, 0.5) is 5.69 Å². The predicted octanol–water partition coefficient (Wildman–Crippen LogP) is 6.21. The molecule has 0 aliphatic heterocycles. The number of carbonyl (C=O) groups is 1. The molecule has 4 aromatic carbocycles. The van der Waals surface area contributed by atoms with Gasteiger partial charge >= 0.3 is 0 Å². The van der Waals surface area contributed by atoms with E-state index >= 15 is 0 Å². The van der Waals surface area contributed by atoms with Gasteiger partial charge < -0.3 is 9.73 Å². The Balaban J connectivity index is 1.51. The van der Waals surface area contributed by atoms with Gasteiger partial charge in [-0.3, -0.25) is 4.79 Å². The third kappa shape index (κ3) is 3.15. The first-order valence-electron chi connectivity index (χ1n) is 9.45. The highest BCUT2D eigenvalue weighted by Gasteiger charge is 2.13. The van der Waals surface area contributed by atoms with Gasteiger partial charge in [0.25, 0.3) is 5.91 Å². The van der Waals surface area contributed by atoms with Crippen molar-refractivity contribution in [1.82, 2.24) is 4.98 Å². The van der Waals surface area contributed by atoms with E-state index in [1.54, 1.807) is 0 Å². The maximum absolute atomic E-state index is 12.6. The summed E-state index contributed by atoms with van der Waals surface area (Å²) in [7, 11) is 0. The van der Waals surface area contributed by atoms with Crippen molar-refractivity contribution in [2.24, 2.45) is 0 Å². The molecule has 1 aromatic heterocycles. The highest BCUT2D eigenvalue weighted by molar-refractivity contribution is 6.06. The largest absolute Gasteiger partial charge is 0.436 e. The molecule has 0 aliphatic carbocycles. The van der Waals surface area contributed by atoms with Crippen LogP contribution in [0.5, 0.6) is 0 Å². The van der Waals surface area contributed by atoms with Crippen LogP contribution in [0.3, 0.4) is 0 Å². The highest BCUT2D eigenvalue weighted by Crippen LogP contribution is 2.31. The fourth-order valence-electron chi connectivity index (χ4n) is 3.56. The van der Waals surface area contributed by atoms with Crippen LogP contribution in [-0.2, 0) is 0 Å². The molecule has 1 amide bonds. The fourth-order valence-corrected chi connectivity index (χ4v) is 3.56. The second kappa shape index (κ2) is 6.91. The Hall–Kier alpha value is -3.92. The zero-order valence-electron chi connectivity index (χ0n) is 15.8. The molecule has 0 aliphatic rings. The van der Waals surface area contributed by atoms with E-state index in [4.69, 9.17) is 4.42 Å². The van der Waals surface area contributed by atoms with Crippen molar-refractivity contribution in [3.63, 3.8) is 0 Å². The average molecular weight is 378 g/mol. The summed E-state index contributed by atoms with van der Waals surface area (Å²) < 4.78 is 6.00. The van der Waals surface area contributed by atoms with Crippen molar-refractivity contribution in [1.29, 1.82) is 0 Å². The molecule has 0 spiro atoms. The molecule has 5 rings (SSSR count). The molecule has 0 unspecified atom stereocenters. The Morgan fingerprint density at radius 2 is 1.69 bits per heavy atom. The number of aromatic nitrogens is 1. The average Bonchev–Trinajstić information content (AvgIpc) is 3.17. The zero-order chi connectivity index (χ0) is 19.8. The summed E-state index contributed by atoms with van der Waals surface area (Å²) in [5.41, 5.74) is 4.61. The summed E-state index contributed by atoms with van der Waals surface area (Å²) in [6.07, 6.45) is 0. The molecule has 0 radical (unpaired) electrons. The van der Waals surface area contributed by atoms with Crippen molar-refractivity contribution >= 4 is 33.5 Å². The predicted molar refractivity (Wildman–Crippen MR) is 116 cm³/mol. The van der Waals surface area contributed by atoms with Crippen LogP contribution in [0.2, 0.25) is 0 Å². The number of oxazole rings is 1. The second-order valence-electron chi connectivity index (χ2n) is 7.00. The summed E-state index contributed by atoms with van der Waals surface area (Å²) in [5, 5.41) is 5.18. The Bertz CT molecular complexity index is 1360. The van der Waals surface area contributed by atoms with Gasteiger partial charge in [0.1, 0.15) is 5.52 Å². The molecule has 0 fully saturated rings. The zero-order valence-corrected chi connectivity index (χ0v) is 15.8. The van der Waals surface area contributed by atoms with Crippen LogP contribution >= 0.6 is 0 Å². The molecule has 29 heavy (non-hydrogen) atoms. The van der Waals surface area contributed by atoms with E-state index < -0.39 is 0 Å². The van der Waals surface area contributed by atoms with Crippen LogP contribution < -0.4 is 5.32 Å². The summed E-state index contributed by atoms with van der Waals surface area (Å²) in [6.45, 7) is 1.92. The third-order valence-corrected chi connectivity index (χ3v) is 5.06. The quantitative estimate of drug-likeness (QED) is 0.406. The fraction of sp³-hybridized carbons (Fsp3) is 0.0400. The number of fused-ring (bicyclic) bond motifs is 2. The lowest BCUT2D eigenvalue weighted by Gasteiger charge is -2.07. The van der Waals surface area contributed by atoms with E-state index in [1.165, 1.54) is 0 Å². The first-order valence-corrected chi connectivity index (χ1v) is 9.45. The maximum Gasteiger partial charge on any atom is 0.255 e. The molecule has 1 heterocycles. The molecule has 140 valence electrons. The van der Waals surface area contributed by atoms with Gasteiger partial charge in [0, 0.05) is 16.8 Å². The van der Waals surface area contributed by atoms with Crippen molar-refractivity contribution < 1.29 is 9.21 Å². The van der Waals surface area contributed by atoms with Crippen molar-refractivity contribution in [3.8, 4) is 11.5 Å². The van der Waals surface area contributed by atoms with Gasteiger partial charge in [0.15, 0.2) is 5.58 Å². The normalized spacial score (nSPS) is 11.1. The van der Waals surface area contributed by atoms with Gasteiger partial charge in [-0.1, -0.05) is 54.6 Å². The number of aryl methyl sites for hydroxylation is 1. The van der Waals surface area contributed by atoms with Crippen molar-refractivity contribution in [2.45, 2.75) is 6.92 Å². The minimum Gasteiger partial charge on any atom is -0.436 e. The van der Waals surface area contributed by atoms with Crippen molar-refractivity contribution in [2.75, 3.05) is 5.32 Å². The number of carbonyl (C=O) groups excluding carboxylic acids is 1. The smallest absolute Gasteiger partial charge is 0.255 e. The molecule has 4 nitrogen and oxygen atoms in total. The van der Waals surface area contributed by atoms with E-state index in [0.29, 0.717) is 28.2 Å². The standard InChI is InChI=1S/C25H18N2O2/c1-16-7-2-4-10-19(16)24(28)26-18-13-14-23-22(15-18)27-25(29-23)21-12-6-9-17-8-3-5-11-20(17)21/h2-15H,1H3,(H,26,28). The number of amides is 1. The molecule has 5 aromatic rings. The number of anilines is 1. The van der Waals surface area contributed by atoms with Crippen LogP contribution in [0, 0.1) is 6.92 Å². The summed E-state index contributed by atoms with van der Waals surface area (Å²) >= 11 is 0.